The van der Waals surface area contributed by atoms with Crippen molar-refractivity contribution in [2.45, 2.75) is 45.3 Å². The number of hydrogen-bond donors (Lipinski definition) is 3. The second-order valence-corrected chi connectivity index (χ2v) is 5.62. The van der Waals surface area contributed by atoms with E-state index in [1.54, 1.807) is 0 Å². The van der Waals surface area contributed by atoms with Crippen molar-refractivity contribution in [1.82, 2.24) is 10.6 Å². The Kier molecular flexibility index (Phi) is 8.07. The molecular weight excluding hydrogens is 276 g/mol. The molecule has 122 valence electrons. The molecule has 1 rings (SSSR count). The summed E-state index contributed by atoms with van der Waals surface area (Å²) in [7, 11) is 0. The van der Waals surface area contributed by atoms with Crippen LogP contribution in [0.4, 0.5) is 4.79 Å². The van der Waals surface area contributed by atoms with E-state index in [1.807, 2.05) is 0 Å². The zero-order valence-electron chi connectivity index (χ0n) is 12.8. The van der Waals surface area contributed by atoms with E-state index < -0.39 is 12.1 Å². The Morgan fingerprint density at radius 3 is 2.71 bits per heavy atom. The van der Waals surface area contributed by atoms with Gasteiger partial charge in [-0.1, -0.05) is 13.8 Å². The van der Waals surface area contributed by atoms with Gasteiger partial charge in [0, 0.05) is 26.3 Å². The fraction of sp³-hybridized carbons (Fsp3) is 0.857. The van der Waals surface area contributed by atoms with Gasteiger partial charge in [-0.3, -0.25) is 0 Å². The monoisotopic (exact) mass is 302 g/mol. The molecule has 2 unspecified atom stereocenters. The number of carbonyl (C=O) groups is 2. The van der Waals surface area contributed by atoms with Crippen molar-refractivity contribution in [3.8, 4) is 0 Å². The van der Waals surface area contributed by atoms with Crippen LogP contribution in [0.1, 0.15) is 33.1 Å². The summed E-state index contributed by atoms with van der Waals surface area (Å²) < 4.78 is 10.7. The lowest BCUT2D eigenvalue weighted by Crippen LogP contribution is -2.40. The third-order valence-electron chi connectivity index (χ3n) is 3.08. The Bertz CT molecular complexity index is 335. The van der Waals surface area contributed by atoms with Gasteiger partial charge in [0.2, 0.25) is 0 Å². The third-order valence-corrected chi connectivity index (χ3v) is 3.08. The van der Waals surface area contributed by atoms with Crippen LogP contribution in [0.3, 0.4) is 0 Å². The SMILES string of the molecule is CC(C)COCCCNC(=O)NCC1CCC(C(=O)O)O1. The van der Waals surface area contributed by atoms with Gasteiger partial charge in [-0.25, -0.2) is 9.59 Å². The van der Waals surface area contributed by atoms with E-state index in [9.17, 15) is 9.59 Å². The first-order chi connectivity index (χ1) is 9.99. The predicted octanol–water partition coefficient (Wildman–Crippen LogP) is 0.981. The topological polar surface area (TPSA) is 96.9 Å². The number of amides is 2. The van der Waals surface area contributed by atoms with Crippen molar-refractivity contribution in [2.75, 3.05) is 26.3 Å². The second kappa shape index (κ2) is 9.57. The summed E-state index contributed by atoms with van der Waals surface area (Å²) in [4.78, 5) is 22.2. The first-order valence-electron chi connectivity index (χ1n) is 7.46. The van der Waals surface area contributed by atoms with Gasteiger partial charge in [0.15, 0.2) is 6.10 Å². The maximum atomic E-state index is 11.5. The van der Waals surface area contributed by atoms with Crippen molar-refractivity contribution >= 4 is 12.0 Å². The molecule has 2 atom stereocenters. The van der Waals surface area contributed by atoms with Crippen LogP contribution < -0.4 is 10.6 Å². The van der Waals surface area contributed by atoms with Gasteiger partial charge in [0.25, 0.3) is 0 Å². The van der Waals surface area contributed by atoms with Crippen molar-refractivity contribution in [3.63, 3.8) is 0 Å². The highest BCUT2D eigenvalue weighted by molar-refractivity contribution is 5.74. The largest absolute Gasteiger partial charge is 0.479 e. The second-order valence-electron chi connectivity index (χ2n) is 5.62. The van der Waals surface area contributed by atoms with Crippen molar-refractivity contribution in [1.29, 1.82) is 0 Å². The van der Waals surface area contributed by atoms with E-state index in [0.717, 1.165) is 13.0 Å². The highest BCUT2D eigenvalue weighted by atomic mass is 16.5. The Labute approximate surface area is 125 Å². The van der Waals surface area contributed by atoms with Crippen LogP contribution in [0.5, 0.6) is 0 Å². The number of aliphatic carboxylic acids is 1. The Balaban J connectivity index is 1.98. The summed E-state index contributed by atoms with van der Waals surface area (Å²) in [6, 6.07) is -0.263. The molecule has 0 saturated carbocycles. The standard InChI is InChI=1S/C14H26N2O5/c1-10(2)9-20-7-3-6-15-14(19)16-8-11-4-5-12(21-11)13(17)18/h10-12H,3-9H2,1-2H3,(H,17,18)(H2,15,16,19). The number of ether oxygens (including phenoxy) is 2. The van der Waals surface area contributed by atoms with Gasteiger partial charge in [-0.05, 0) is 25.2 Å². The molecule has 7 nitrogen and oxygen atoms in total. The molecule has 0 aromatic heterocycles. The van der Waals surface area contributed by atoms with Gasteiger partial charge in [-0.2, -0.15) is 0 Å². The fourth-order valence-electron chi connectivity index (χ4n) is 2.00. The molecular formula is C14H26N2O5. The molecule has 21 heavy (non-hydrogen) atoms. The number of carboxylic acid groups (broad SMARTS) is 1. The molecule has 0 bridgehead atoms. The zero-order chi connectivity index (χ0) is 15.7. The lowest BCUT2D eigenvalue weighted by atomic mass is 10.2. The van der Waals surface area contributed by atoms with Gasteiger partial charge in [0.05, 0.1) is 6.10 Å². The molecule has 1 fully saturated rings. The summed E-state index contributed by atoms with van der Waals surface area (Å²) in [5, 5.41) is 14.2. The minimum atomic E-state index is -0.941. The first-order valence-corrected chi connectivity index (χ1v) is 7.46. The predicted molar refractivity (Wildman–Crippen MR) is 77.2 cm³/mol. The van der Waals surface area contributed by atoms with E-state index in [2.05, 4.69) is 24.5 Å². The number of hydrogen-bond acceptors (Lipinski definition) is 4. The Morgan fingerprint density at radius 1 is 1.33 bits per heavy atom. The Morgan fingerprint density at radius 2 is 2.10 bits per heavy atom. The van der Waals surface area contributed by atoms with Crippen LogP contribution >= 0.6 is 0 Å². The highest BCUT2D eigenvalue weighted by Crippen LogP contribution is 2.18. The molecule has 1 aliphatic rings. The molecule has 0 spiro atoms. The minimum Gasteiger partial charge on any atom is -0.479 e. The molecule has 1 aliphatic heterocycles. The molecule has 0 aromatic rings. The summed E-state index contributed by atoms with van der Waals surface area (Å²) in [5.41, 5.74) is 0. The number of rotatable bonds is 9. The average molecular weight is 302 g/mol. The molecule has 7 heteroatoms. The molecule has 1 heterocycles. The van der Waals surface area contributed by atoms with Crippen molar-refractivity contribution in [3.05, 3.63) is 0 Å². The van der Waals surface area contributed by atoms with Crippen LogP contribution in [-0.2, 0) is 14.3 Å². The van der Waals surface area contributed by atoms with E-state index >= 15 is 0 Å². The first kappa shape index (κ1) is 17.7. The summed E-state index contributed by atoms with van der Waals surface area (Å²) in [6.07, 6.45) is 0.960. The van der Waals surface area contributed by atoms with Crippen LogP contribution in [0, 0.1) is 5.92 Å². The summed E-state index contributed by atoms with van der Waals surface area (Å²) in [6.45, 7) is 6.42. The normalized spacial score (nSPS) is 21.5. The molecule has 3 N–H and O–H groups in total. The van der Waals surface area contributed by atoms with Gasteiger partial charge < -0.3 is 25.2 Å². The van der Waals surface area contributed by atoms with E-state index in [0.29, 0.717) is 38.5 Å². The van der Waals surface area contributed by atoms with Gasteiger partial charge in [-0.15, -0.1) is 0 Å². The lowest BCUT2D eigenvalue weighted by Gasteiger charge is -2.13. The van der Waals surface area contributed by atoms with Crippen LogP contribution in [0.2, 0.25) is 0 Å². The zero-order valence-corrected chi connectivity index (χ0v) is 12.8. The maximum Gasteiger partial charge on any atom is 0.332 e. The third kappa shape index (κ3) is 7.87. The fourth-order valence-corrected chi connectivity index (χ4v) is 2.00. The highest BCUT2D eigenvalue weighted by Gasteiger charge is 2.30. The van der Waals surface area contributed by atoms with Crippen LogP contribution in [0.25, 0.3) is 0 Å². The van der Waals surface area contributed by atoms with Crippen molar-refractivity contribution < 1.29 is 24.2 Å². The molecule has 0 radical (unpaired) electrons. The number of nitrogens with one attached hydrogen (secondary N) is 2. The summed E-state index contributed by atoms with van der Waals surface area (Å²) in [5.74, 6) is -0.425. The van der Waals surface area contributed by atoms with Gasteiger partial charge in [0.1, 0.15) is 0 Å². The molecule has 1 saturated heterocycles. The minimum absolute atomic E-state index is 0.216. The Hall–Kier alpha value is -1.34. The van der Waals surface area contributed by atoms with Crippen molar-refractivity contribution in [2.24, 2.45) is 5.92 Å². The van der Waals surface area contributed by atoms with E-state index in [-0.39, 0.29) is 12.1 Å². The quantitative estimate of drug-likeness (QED) is 0.552. The van der Waals surface area contributed by atoms with Gasteiger partial charge >= 0.3 is 12.0 Å². The number of urea groups is 1. The molecule has 0 aromatic carbocycles. The van der Waals surface area contributed by atoms with Crippen LogP contribution in [0.15, 0.2) is 0 Å². The maximum absolute atomic E-state index is 11.5. The molecule has 0 aliphatic carbocycles. The number of carbonyl (C=O) groups excluding carboxylic acids is 1. The van der Waals surface area contributed by atoms with E-state index in [4.69, 9.17) is 14.6 Å². The lowest BCUT2D eigenvalue weighted by molar-refractivity contribution is -0.149. The number of carboxylic acids is 1. The summed E-state index contributed by atoms with van der Waals surface area (Å²) >= 11 is 0. The average Bonchev–Trinajstić information content (AvgIpc) is 2.89. The molecule has 2 amide bonds. The van der Waals surface area contributed by atoms with Crippen LogP contribution in [-0.4, -0.2) is 55.6 Å². The smallest absolute Gasteiger partial charge is 0.332 e. The van der Waals surface area contributed by atoms with E-state index in [1.165, 1.54) is 0 Å².